The second kappa shape index (κ2) is 12.3. The Morgan fingerprint density at radius 1 is 0.296 bits per heavy atom. The standard InChI is InChI=1S/2C12H10P.Be/c2*1-3-7-11(8-4-1)13-12-9-5-2-6-10-12;/h2*1-10H;/q2*-1;+2. The minimum absolute atomic E-state index is 0. The van der Waals surface area contributed by atoms with Gasteiger partial charge in [-0.05, 0) is 0 Å². The van der Waals surface area contributed by atoms with E-state index in [-0.39, 0.29) is 10.1 Å². The molecule has 0 bridgehead atoms. The molecular formula is C24H20BeP2. The fourth-order valence-corrected chi connectivity index (χ4v) is 4.19. The molecule has 0 radical (unpaired) electrons. The third kappa shape index (κ3) is 7.99. The molecule has 0 atom stereocenters. The molecular weight excluding hydrogens is 359 g/mol. The summed E-state index contributed by atoms with van der Waals surface area (Å²) in [6.45, 7) is 0. The molecule has 27 heavy (non-hydrogen) atoms. The van der Waals surface area contributed by atoms with Crippen molar-refractivity contribution in [1.82, 2.24) is 0 Å². The van der Waals surface area contributed by atoms with Crippen LogP contribution in [-0.4, -0.2) is 10.1 Å². The van der Waals surface area contributed by atoms with Gasteiger partial charge in [-0.1, -0.05) is 121 Å². The summed E-state index contributed by atoms with van der Waals surface area (Å²) in [4.78, 5) is 0. The molecule has 4 aromatic rings. The van der Waals surface area contributed by atoms with E-state index in [4.69, 9.17) is 0 Å². The predicted octanol–water partition coefficient (Wildman–Crippen LogP) is 4.79. The van der Waals surface area contributed by atoms with E-state index in [0.717, 1.165) is 0 Å². The van der Waals surface area contributed by atoms with E-state index < -0.39 is 0 Å². The zero-order valence-corrected chi connectivity index (χ0v) is 16.9. The van der Waals surface area contributed by atoms with Gasteiger partial charge in [-0.3, -0.25) is 0 Å². The van der Waals surface area contributed by atoms with Crippen molar-refractivity contribution in [2.24, 2.45) is 0 Å². The van der Waals surface area contributed by atoms with Crippen molar-refractivity contribution in [2.75, 3.05) is 0 Å². The molecule has 0 aliphatic heterocycles. The van der Waals surface area contributed by atoms with E-state index in [0.29, 0.717) is 0 Å². The molecule has 128 valence electrons. The Labute approximate surface area is 169 Å². The maximum absolute atomic E-state index is 2.15. The summed E-state index contributed by atoms with van der Waals surface area (Å²) >= 11 is 0. The van der Waals surface area contributed by atoms with Gasteiger partial charge in [0.1, 0.15) is 0 Å². The van der Waals surface area contributed by atoms with Crippen LogP contribution in [0.1, 0.15) is 0 Å². The first kappa shape index (κ1) is 21.2. The van der Waals surface area contributed by atoms with Gasteiger partial charge in [0.25, 0.3) is 0 Å². The van der Waals surface area contributed by atoms with Crippen LogP contribution in [0.15, 0.2) is 121 Å². The molecule has 0 aliphatic carbocycles. The maximum atomic E-state index is 2.15. The second-order valence-electron chi connectivity index (χ2n) is 5.57. The first-order valence-corrected chi connectivity index (χ1v) is 10.3. The molecule has 0 heterocycles. The molecule has 4 aromatic carbocycles. The molecule has 0 fully saturated rings. The third-order valence-corrected chi connectivity index (χ3v) is 5.77. The molecule has 0 saturated heterocycles. The van der Waals surface area contributed by atoms with Crippen molar-refractivity contribution in [1.29, 1.82) is 0 Å². The van der Waals surface area contributed by atoms with E-state index in [1.165, 1.54) is 38.4 Å². The van der Waals surface area contributed by atoms with Crippen LogP contribution in [0.2, 0.25) is 0 Å². The van der Waals surface area contributed by atoms with Crippen LogP contribution in [0.3, 0.4) is 0 Å². The van der Waals surface area contributed by atoms with Crippen molar-refractivity contribution >= 4 is 48.5 Å². The van der Waals surface area contributed by atoms with Gasteiger partial charge in [-0.15, -0.1) is 0 Å². The number of benzene rings is 4. The van der Waals surface area contributed by atoms with Gasteiger partial charge in [0.2, 0.25) is 0 Å². The molecule has 0 unspecified atom stereocenters. The topological polar surface area (TPSA) is 0 Å². The molecule has 3 heteroatoms. The quantitative estimate of drug-likeness (QED) is 0.353. The predicted molar refractivity (Wildman–Crippen MR) is 124 cm³/mol. The minimum atomic E-state index is 0. The Morgan fingerprint density at radius 2 is 0.481 bits per heavy atom. The summed E-state index contributed by atoms with van der Waals surface area (Å²) in [5.41, 5.74) is 0. The molecule has 0 amide bonds. The normalized spacial score (nSPS) is 9.48. The minimum Gasteiger partial charge on any atom is -0.472 e. The summed E-state index contributed by atoms with van der Waals surface area (Å²) in [5, 5.41) is 5.37. The average Bonchev–Trinajstić information content (AvgIpc) is 2.72. The van der Waals surface area contributed by atoms with Gasteiger partial charge in [-0.2, -0.15) is 0 Å². The molecule has 4 rings (SSSR count). The van der Waals surface area contributed by atoms with Crippen LogP contribution >= 0.6 is 17.2 Å². The van der Waals surface area contributed by atoms with Gasteiger partial charge in [-0.25, -0.2) is 21.2 Å². The van der Waals surface area contributed by atoms with Crippen LogP contribution in [0.5, 0.6) is 0 Å². The van der Waals surface area contributed by atoms with Gasteiger partial charge in [0.15, 0.2) is 0 Å². The SMILES string of the molecule is [Be+2].c1ccc([P-]c2ccccc2)cc1.c1ccc([P-]c2ccccc2)cc1. The van der Waals surface area contributed by atoms with Crippen LogP contribution in [0.4, 0.5) is 0 Å². The summed E-state index contributed by atoms with van der Waals surface area (Å²) in [6, 6.07) is 42.0. The molecule has 0 nitrogen and oxygen atoms in total. The fourth-order valence-electron chi connectivity index (χ4n) is 2.31. The monoisotopic (exact) mass is 379 g/mol. The fraction of sp³-hybridized carbons (Fsp3) is 0. The summed E-state index contributed by atoms with van der Waals surface area (Å²) < 4.78 is 0. The van der Waals surface area contributed by atoms with Crippen molar-refractivity contribution < 1.29 is 0 Å². The summed E-state index contributed by atoms with van der Waals surface area (Å²) in [5.74, 6) is 0. The van der Waals surface area contributed by atoms with E-state index in [1.54, 1.807) is 0 Å². The van der Waals surface area contributed by atoms with Crippen LogP contribution in [0, 0.1) is 0 Å². The number of hydrogen-bond donors (Lipinski definition) is 0. The Morgan fingerprint density at radius 3 is 0.667 bits per heavy atom. The smallest absolute Gasteiger partial charge is 0.472 e. The Kier molecular flexibility index (Phi) is 9.68. The number of rotatable bonds is 4. The van der Waals surface area contributed by atoms with Gasteiger partial charge in [0.05, 0.1) is 0 Å². The van der Waals surface area contributed by atoms with Crippen LogP contribution in [-0.2, 0) is 0 Å². The van der Waals surface area contributed by atoms with E-state index >= 15 is 0 Å². The number of hydrogen-bond acceptors (Lipinski definition) is 0. The zero-order chi connectivity index (χ0) is 17.9. The van der Waals surface area contributed by atoms with Gasteiger partial charge < -0.3 is 17.2 Å². The van der Waals surface area contributed by atoms with Crippen molar-refractivity contribution in [3.63, 3.8) is 0 Å². The van der Waals surface area contributed by atoms with Crippen molar-refractivity contribution in [2.45, 2.75) is 0 Å². The first-order valence-electron chi connectivity index (χ1n) is 8.54. The summed E-state index contributed by atoms with van der Waals surface area (Å²) in [6.07, 6.45) is 0. The Bertz CT molecular complexity index is 715. The largest absolute Gasteiger partial charge is 2.00 e. The zero-order valence-electron chi connectivity index (χ0n) is 15.1. The first-order chi connectivity index (χ1) is 12.9. The van der Waals surface area contributed by atoms with Crippen LogP contribution in [0.25, 0.3) is 0 Å². The molecule has 0 saturated carbocycles. The van der Waals surface area contributed by atoms with Gasteiger partial charge in [0, 0.05) is 0 Å². The average molecular weight is 379 g/mol. The Hall–Kier alpha value is -2.09. The van der Waals surface area contributed by atoms with E-state index in [1.807, 2.05) is 24.3 Å². The molecule has 0 N–H and O–H groups in total. The Balaban J connectivity index is 0.000000187. The maximum Gasteiger partial charge on any atom is 2.00 e. The summed E-state index contributed by atoms with van der Waals surface area (Å²) in [7, 11) is 2.56. The molecule has 0 aliphatic rings. The van der Waals surface area contributed by atoms with Gasteiger partial charge >= 0.3 is 10.1 Å². The van der Waals surface area contributed by atoms with E-state index in [2.05, 4.69) is 97.1 Å². The van der Waals surface area contributed by atoms with E-state index in [9.17, 15) is 0 Å². The molecule has 0 aromatic heterocycles. The van der Waals surface area contributed by atoms with Crippen molar-refractivity contribution in [3.05, 3.63) is 121 Å². The second-order valence-corrected chi connectivity index (χ2v) is 8.08. The van der Waals surface area contributed by atoms with Crippen molar-refractivity contribution in [3.8, 4) is 0 Å². The third-order valence-electron chi connectivity index (χ3n) is 3.54. The van der Waals surface area contributed by atoms with Crippen LogP contribution < -0.4 is 21.2 Å². The molecule has 0 spiro atoms.